The molecular weight excluding hydrogens is 360 g/mol. The quantitative estimate of drug-likeness (QED) is 0.555. The van der Waals surface area contributed by atoms with Crippen LogP contribution in [0.15, 0.2) is 42.5 Å². The van der Waals surface area contributed by atoms with Crippen molar-refractivity contribution in [1.82, 2.24) is 10.3 Å². The summed E-state index contributed by atoms with van der Waals surface area (Å²) in [6, 6.07) is 10.6. The highest BCUT2D eigenvalue weighted by Gasteiger charge is 2.22. The van der Waals surface area contributed by atoms with E-state index in [4.69, 9.17) is 4.74 Å². The highest BCUT2D eigenvalue weighted by Crippen LogP contribution is 2.12. The number of carbonyl (C=O) groups excluding carboxylic acids is 3. The third kappa shape index (κ3) is 6.50. The summed E-state index contributed by atoms with van der Waals surface area (Å²) in [7, 11) is 1.26. The van der Waals surface area contributed by atoms with Crippen molar-refractivity contribution < 1.29 is 23.9 Å². The Morgan fingerprint density at radius 2 is 1.89 bits per heavy atom. The predicted molar refractivity (Wildman–Crippen MR) is 105 cm³/mol. The van der Waals surface area contributed by atoms with Gasteiger partial charge in [0.1, 0.15) is 6.04 Å². The van der Waals surface area contributed by atoms with Crippen LogP contribution in [0.1, 0.15) is 26.0 Å². The van der Waals surface area contributed by atoms with Crippen molar-refractivity contribution in [2.45, 2.75) is 26.3 Å². The number of para-hydroxylation sites is 1. The molecule has 1 N–H and O–H groups in total. The van der Waals surface area contributed by atoms with Gasteiger partial charge in [-0.1, -0.05) is 38.1 Å². The average molecular weight is 384 g/mol. The molecule has 0 aliphatic rings. The molecule has 2 aromatic rings. The Kier molecular flexibility index (Phi) is 7.68. The SMILES string of the molecule is COC(=O)[C@@H](CC(C)C)NC(=O)COC(=O)/C=C/c1ccc2ccccc2n1. The zero-order valence-electron chi connectivity index (χ0n) is 16.2. The number of benzene rings is 1. The standard InChI is InChI=1S/C21H24N2O5/c1-14(2)12-18(21(26)27-3)23-19(24)13-28-20(25)11-10-16-9-8-15-6-4-5-7-17(15)22-16/h4-11,14,18H,12-13H2,1-3H3,(H,23,24)/b11-10+/t18-/m1/s1. The van der Waals surface area contributed by atoms with E-state index < -0.39 is 30.5 Å². The molecule has 28 heavy (non-hydrogen) atoms. The van der Waals surface area contributed by atoms with E-state index in [1.165, 1.54) is 19.3 Å². The molecule has 148 valence electrons. The average Bonchev–Trinajstić information content (AvgIpc) is 2.69. The maximum Gasteiger partial charge on any atom is 0.331 e. The van der Waals surface area contributed by atoms with E-state index in [0.29, 0.717) is 12.1 Å². The van der Waals surface area contributed by atoms with Gasteiger partial charge < -0.3 is 14.8 Å². The second kappa shape index (κ2) is 10.2. The van der Waals surface area contributed by atoms with Gasteiger partial charge in [-0.15, -0.1) is 0 Å². The molecule has 1 heterocycles. The summed E-state index contributed by atoms with van der Waals surface area (Å²) in [5.74, 6) is -1.59. The van der Waals surface area contributed by atoms with Crippen LogP contribution in [0.4, 0.5) is 0 Å². The van der Waals surface area contributed by atoms with Gasteiger partial charge in [0, 0.05) is 11.5 Å². The van der Waals surface area contributed by atoms with Gasteiger partial charge in [0.25, 0.3) is 5.91 Å². The molecule has 0 spiro atoms. The van der Waals surface area contributed by atoms with Crippen LogP contribution in [0.5, 0.6) is 0 Å². The smallest absolute Gasteiger partial charge is 0.331 e. The van der Waals surface area contributed by atoms with Crippen molar-refractivity contribution in [1.29, 1.82) is 0 Å². The minimum Gasteiger partial charge on any atom is -0.467 e. The second-order valence-corrected chi connectivity index (χ2v) is 6.64. The van der Waals surface area contributed by atoms with Crippen molar-refractivity contribution in [2.24, 2.45) is 5.92 Å². The lowest BCUT2D eigenvalue weighted by atomic mass is 10.0. The lowest BCUT2D eigenvalue weighted by molar-refractivity contribution is -0.148. The number of hydrogen-bond donors (Lipinski definition) is 1. The molecule has 0 saturated carbocycles. The van der Waals surface area contributed by atoms with E-state index in [1.54, 1.807) is 6.07 Å². The summed E-state index contributed by atoms with van der Waals surface area (Å²) in [6.45, 7) is 3.36. The van der Waals surface area contributed by atoms with Crippen LogP contribution >= 0.6 is 0 Å². The Labute approximate surface area is 163 Å². The first kappa shape index (κ1) is 21.1. The molecule has 0 aliphatic heterocycles. The minimum absolute atomic E-state index is 0.185. The number of aromatic nitrogens is 1. The van der Waals surface area contributed by atoms with Crippen molar-refractivity contribution >= 4 is 34.8 Å². The van der Waals surface area contributed by atoms with Gasteiger partial charge in [0.2, 0.25) is 0 Å². The Balaban J connectivity index is 1.87. The summed E-state index contributed by atoms with van der Waals surface area (Å²) in [4.78, 5) is 39.9. The maximum absolute atomic E-state index is 11.9. The largest absolute Gasteiger partial charge is 0.467 e. The maximum atomic E-state index is 11.9. The number of nitrogens with zero attached hydrogens (tertiary/aromatic N) is 1. The van der Waals surface area contributed by atoms with Crippen LogP contribution in [0.25, 0.3) is 17.0 Å². The van der Waals surface area contributed by atoms with E-state index in [2.05, 4.69) is 15.0 Å². The Morgan fingerprint density at radius 1 is 1.14 bits per heavy atom. The van der Waals surface area contributed by atoms with Gasteiger partial charge in [-0.2, -0.15) is 0 Å². The first-order valence-corrected chi connectivity index (χ1v) is 8.97. The molecule has 0 unspecified atom stereocenters. The van der Waals surface area contributed by atoms with Crippen molar-refractivity contribution in [3.05, 3.63) is 48.2 Å². The van der Waals surface area contributed by atoms with Crippen molar-refractivity contribution in [3.63, 3.8) is 0 Å². The molecule has 0 radical (unpaired) electrons. The molecule has 7 nitrogen and oxygen atoms in total. The first-order valence-electron chi connectivity index (χ1n) is 8.97. The van der Waals surface area contributed by atoms with E-state index in [9.17, 15) is 14.4 Å². The van der Waals surface area contributed by atoms with Gasteiger partial charge in [0.05, 0.1) is 18.3 Å². The van der Waals surface area contributed by atoms with E-state index in [0.717, 1.165) is 10.9 Å². The summed E-state index contributed by atoms with van der Waals surface area (Å²) >= 11 is 0. The lowest BCUT2D eigenvalue weighted by Gasteiger charge is -2.18. The topological polar surface area (TPSA) is 94.6 Å². The van der Waals surface area contributed by atoms with Crippen LogP contribution in [-0.2, 0) is 23.9 Å². The van der Waals surface area contributed by atoms with Crippen molar-refractivity contribution in [2.75, 3.05) is 13.7 Å². The monoisotopic (exact) mass is 384 g/mol. The minimum atomic E-state index is -0.770. The van der Waals surface area contributed by atoms with E-state index in [-0.39, 0.29) is 5.92 Å². The van der Waals surface area contributed by atoms with Crippen LogP contribution in [0.3, 0.4) is 0 Å². The number of nitrogens with one attached hydrogen (secondary N) is 1. The third-order valence-corrected chi connectivity index (χ3v) is 3.88. The number of fused-ring (bicyclic) bond motifs is 1. The van der Waals surface area contributed by atoms with Gasteiger partial charge in [-0.25, -0.2) is 14.6 Å². The number of rotatable bonds is 8. The van der Waals surface area contributed by atoms with Gasteiger partial charge in [-0.3, -0.25) is 4.79 Å². The molecule has 0 saturated heterocycles. The molecule has 1 amide bonds. The van der Waals surface area contributed by atoms with Gasteiger partial charge in [0.15, 0.2) is 6.61 Å². The number of esters is 2. The molecule has 1 aromatic heterocycles. The molecule has 0 bridgehead atoms. The lowest BCUT2D eigenvalue weighted by Crippen LogP contribution is -2.44. The molecular formula is C21H24N2O5. The fourth-order valence-corrected chi connectivity index (χ4v) is 2.58. The van der Waals surface area contributed by atoms with Crippen LogP contribution in [0.2, 0.25) is 0 Å². The molecule has 1 aromatic carbocycles. The predicted octanol–water partition coefficient (Wildman–Crippen LogP) is 2.50. The number of methoxy groups -OCH3 is 1. The molecule has 0 fully saturated rings. The summed E-state index contributed by atoms with van der Waals surface area (Å²) < 4.78 is 9.59. The third-order valence-electron chi connectivity index (χ3n) is 3.88. The number of amides is 1. The molecule has 1 atom stereocenters. The van der Waals surface area contributed by atoms with Gasteiger partial charge >= 0.3 is 11.9 Å². The Morgan fingerprint density at radius 3 is 2.61 bits per heavy atom. The fourth-order valence-electron chi connectivity index (χ4n) is 2.58. The number of carbonyl (C=O) groups is 3. The molecule has 2 rings (SSSR count). The summed E-state index contributed by atoms with van der Waals surface area (Å²) in [5, 5.41) is 3.52. The van der Waals surface area contributed by atoms with E-state index >= 15 is 0 Å². The zero-order valence-corrected chi connectivity index (χ0v) is 16.2. The van der Waals surface area contributed by atoms with Gasteiger partial charge in [-0.05, 0) is 30.5 Å². The Hall–Kier alpha value is -3.22. The number of hydrogen-bond acceptors (Lipinski definition) is 6. The zero-order chi connectivity index (χ0) is 20.5. The number of ether oxygens (including phenoxy) is 2. The molecule has 0 aliphatic carbocycles. The number of pyridine rings is 1. The fraction of sp³-hybridized carbons (Fsp3) is 0.333. The Bertz CT molecular complexity index is 876. The van der Waals surface area contributed by atoms with Crippen LogP contribution in [0, 0.1) is 5.92 Å². The highest BCUT2D eigenvalue weighted by molar-refractivity contribution is 5.90. The van der Waals surface area contributed by atoms with E-state index in [1.807, 2.05) is 44.2 Å². The second-order valence-electron chi connectivity index (χ2n) is 6.64. The normalized spacial score (nSPS) is 12.1. The summed E-state index contributed by atoms with van der Waals surface area (Å²) in [6.07, 6.45) is 3.15. The van der Waals surface area contributed by atoms with Crippen LogP contribution in [-0.4, -0.2) is 42.6 Å². The summed E-state index contributed by atoms with van der Waals surface area (Å²) in [5.41, 5.74) is 1.42. The van der Waals surface area contributed by atoms with Crippen molar-refractivity contribution in [3.8, 4) is 0 Å². The van der Waals surface area contributed by atoms with Crippen LogP contribution < -0.4 is 5.32 Å². The highest BCUT2D eigenvalue weighted by atomic mass is 16.5. The first-order chi connectivity index (χ1) is 13.4. The molecule has 7 heteroatoms.